The molecular weight excluding hydrogens is 276 g/mol. The molecule has 0 spiro atoms. The zero-order valence-electron chi connectivity index (χ0n) is 10.7. The quantitative estimate of drug-likeness (QED) is 0.902. The predicted octanol–water partition coefficient (Wildman–Crippen LogP) is 1.85. The number of rotatable bonds is 3. The lowest BCUT2D eigenvalue weighted by Gasteiger charge is -2.23. The molecule has 6 nitrogen and oxygen atoms in total. The van der Waals surface area contributed by atoms with Gasteiger partial charge in [-0.25, -0.2) is 4.98 Å². The minimum Gasteiger partial charge on any atom is -0.504 e. The summed E-state index contributed by atoms with van der Waals surface area (Å²) >= 11 is 1.53. The van der Waals surface area contributed by atoms with Gasteiger partial charge in [0.2, 0.25) is 5.91 Å². The first kappa shape index (κ1) is 12.9. The van der Waals surface area contributed by atoms with Gasteiger partial charge in [0, 0.05) is 24.3 Å². The highest BCUT2D eigenvalue weighted by Crippen LogP contribution is 2.28. The van der Waals surface area contributed by atoms with E-state index in [0.717, 1.165) is 24.5 Å². The van der Waals surface area contributed by atoms with Crippen molar-refractivity contribution >= 4 is 28.1 Å². The second-order valence-electron chi connectivity index (χ2n) is 4.55. The highest BCUT2D eigenvalue weighted by Gasteiger charge is 2.32. The number of pyridine rings is 1. The van der Waals surface area contributed by atoms with E-state index < -0.39 is 0 Å². The van der Waals surface area contributed by atoms with Crippen molar-refractivity contribution in [3.63, 3.8) is 0 Å². The average molecular weight is 290 g/mol. The van der Waals surface area contributed by atoms with Crippen LogP contribution in [-0.2, 0) is 4.79 Å². The third-order valence-corrected chi connectivity index (χ3v) is 4.09. The van der Waals surface area contributed by atoms with Crippen LogP contribution in [0, 0.1) is 0 Å². The number of amides is 1. The topological polar surface area (TPSA) is 78.3 Å². The van der Waals surface area contributed by atoms with Gasteiger partial charge in [-0.15, -0.1) is 11.3 Å². The number of aromatic nitrogens is 2. The fourth-order valence-corrected chi connectivity index (χ4v) is 3.05. The van der Waals surface area contributed by atoms with Gasteiger partial charge >= 0.3 is 0 Å². The molecule has 0 radical (unpaired) electrons. The van der Waals surface area contributed by atoms with Crippen LogP contribution in [0.15, 0.2) is 30.0 Å². The van der Waals surface area contributed by atoms with Crippen LogP contribution in [0.25, 0.3) is 0 Å². The van der Waals surface area contributed by atoms with Gasteiger partial charge in [0.15, 0.2) is 10.9 Å². The van der Waals surface area contributed by atoms with Gasteiger partial charge in [-0.05, 0) is 18.9 Å². The number of carbonyl (C=O) groups is 1. The van der Waals surface area contributed by atoms with Gasteiger partial charge in [0.05, 0.1) is 11.9 Å². The van der Waals surface area contributed by atoms with Crippen molar-refractivity contribution in [3.05, 3.63) is 30.0 Å². The molecule has 1 saturated heterocycles. The minimum absolute atomic E-state index is 0.0281. The molecular formula is C13H14N4O2S. The Balaban J connectivity index is 1.75. The Kier molecular flexibility index (Phi) is 3.51. The van der Waals surface area contributed by atoms with Gasteiger partial charge in [-0.2, -0.15) is 0 Å². The summed E-state index contributed by atoms with van der Waals surface area (Å²) < 4.78 is 0. The second-order valence-corrected chi connectivity index (χ2v) is 5.42. The number of nitrogens with zero attached hydrogens (tertiary/aromatic N) is 3. The van der Waals surface area contributed by atoms with Crippen LogP contribution >= 0.6 is 11.3 Å². The molecule has 0 saturated carbocycles. The lowest BCUT2D eigenvalue weighted by Crippen LogP contribution is -2.39. The maximum absolute atomic E-state index is 12.4. The van der Waals surface area contributed by atoms with E-state index in [2.05, 4.69) is 15.3 Å². The monoisotopic (exact) mass is 290 g/mol. The average Bonchev–Trinajstić information content (AvgIpc) is 3.11. The number of thiazole rings is 1. The predicted molar refractivity (Wildman–Crippen MR) is 77.0 cm³/mol. The molecule has 1 atom stereocenters. The Morgan fingerprint density at radius 3 is 3.15 bits per heavy atom. The van der Waals surface area contributed by atoms with Crippen molar-refractivity contribution in [1.82, 2.24) is 9.97 Å². The largest absolute Gasteiger partial charge is 0.504 e. The third-order valence-electron chi connectivity index (χ3n) is 3.28. The smallest absolute Gasteiger partial charge is 0.247 e. The SMILES string of the molecule is O=C(Nc1ccncc1O)[C@H]1CCCN1c1nccs1. The van der Waals surface area contributed by atoms with Gasteiger partial charge in [0.25, 0.3) is 0 Å². The van der Waals surface area contributed by atoms with Crippen molar-refractivity contribution in [2.24, 2.45) is 0 Å². The van der Waals surface area contributed by atoms with Crippen molar-refractivity contribution in [2.45, 2.75) is 18.9 Å². The highest BCUT2D eigenvalue weighted by molar-refractivity contribution is 7.13. The molecule has 1 amide bonds. The normalized spacial score (nSPS) is 18.2. The van der Waals surface area contributed by atoms with Crippen LogP contribution in [0.5, 0.6) is 5.75 Å². The summed E-state index contributed by atoms with van der Waals surface area (Å²) in [5, 5.41) is 15.2. The molecule has 0 aliphatic carbocycles. The van der Waals surface area contributed by atoms with Crippen LogP contribution in [0.4, 0.5) is 10.8 Å². The van der Waals surface area contributed by atoms with Crippen LogP contribution in [0.2, 0.25) is 0 Å². The molecule has 0 unspecified atom stereocenters. The van der Waals surface area contributed by atoms with E-state index in [1.807, 2.05) is 10.3 Å². The summed E-state index contributed by atoms with van der Waals surface area (Å²) in [7, 11) is 0. The fraction of sp³-hybridized carbons (Fsp3) is 0.308. The summed E-state index contributed by atoms with van der Waals surface area (Å²) in [6, 6.07) is 1.34. The fourth-order valence-electron chi connectivity index (χ4n) is 2.33. The van der Waals surface area contributed by atoms with E-state index >= 15 is 0 Å². The number of carbonyl (C=O) groups excluding carboxylic acids is 1. The van der Waals surface area contributed by atoms with Gasteiger partial charge < -0.3 is 15.3 Å². The molecule has 2 aromatic rings. The molecule has 3 rings (SSSR count). The summed E-state index contributed by atoms with van der Waals surface area (Å²) in [6.07, 6.45) is 6.32. The van der Waals surface area contributed by atoms with E-state index in [1.54, 1.807) is 12.3 Å². The number of anilines is 2. The molecule has 1 aliphatic rings. The van der Waals surface area contributed by atoms with Crippen molar-refractivity contribution in [2.75, 3.05) is 16.8 Å². The first-order valence-electron chi connectivity index (χ1n) is 6.35. The van der Waals surface area contributed by atoms with Crippen molar-refractivity contribution < 1.29 is 9.90 Å². The Morgan fingerprint density at radius 2 is 2.40 bits per heavy atom. The summed E-state index contributed by atoms with van der Waals surface area (Å²) in [5.74, 6) is -0.154. The molecule has 1 fully saturated rings. The highest BCUT2D eigenvalue weighted by atomic mass is 32.1. The Hall–Kier alpha value is -2.15. The molecule has 0 aromatic carbocycles. The first-order valence-corrected chi connectivity index (χ1v) is 7.23. The minimum atomic E-state index is -0.242. The standard InChI is InChI=1S/C13H14N4O2S/c18-11-8-14-4-3-9(11)16-12(19)10-2-1-6-17(10)13-15-5-7-20-13/h3-5,7-8,10,18H,1-2,6H2,(H,14,16,19)/t10-/m1/s1. The molecule has 104 valence electrons. The van der Waals surface area contributed by atoms with Crippen LogP contribution in [0.3, 0.4) is 0 Å². The van der Waals surface area contributed by atoms with Crippen molar-refractivity contribution in [3.8, 4) is 5.75 Å². The Labute approximate surface area is 120 Å². The third kappa shape index (κ3) is 2.44. The first-order chi connectivity index (χ1) is 9.75. The number of hydrogen-bond donors (Lipinski definition) is 2. The van der Waals surface area contributed by atoms with Gasteiger partial charge in [-0.3, -0.25) is 9.78 Å². The maximum atomic E-state index is 12.4. The molecule has 3 heterocycles. The lowest BCUT2D eigenvalue weighted by atomic mass is 10.2. The molecule has 1 aliphatic heterocycles. The number of nitrogens with one attached hydrogen (secondary N) is 1. The summed E-state index contributed by atoms with van der Waals surface area (Å²) in [5.41, 5.74) is 0.385. The van der Waals surface area contributed by atoms with Crippen LogP contribution < -0.4 is 10.2 Å². The van der Waals surface area contributed by atoms with Crippen LogP contribution in [-0.4, -0.2) is 33.6 Å². The molecule has 7 heteroatoms. The van der Waals surface area contributed by atoms with E-state index in [4.69, 9.17) is 0 Å². The second kappa shape index (κ2) is 5.46. The van der Waals surface area contributed by atoms with E-state index in [-0.39, 0.29) is 17.7 Å². The molecule has 2 N–H and O–H groups in total. The molecule has 20 heavy (non-hydrogen) atoms. The molecule has 0 bridgehead atoms. The van der Waals surface area contributed by atoms with Crippen LogP contribution in [0.1, 0.15) is 12.8 Å². The van der Waals surface area contributed by atoms with Gasteiger partial charge in [0.1, 0.15) is 6.04 Å². The van der Waals surface area contributed by atoms with E-state index in [9.17, 15) is 9.90 Å². The Bertz CT molecular complexity index is 602. The van der Waals surface area contributed by atoms with E-state index in [1.165, 1.54) is 23.7 Å². The zero-order chi connectivity index (χ0) is 13.9. The van der Waals surface area contributed by atoms with Gasteiger partial charge in [-0.1, -0.05) is 0 Å². The summed E-state index contributed by atoms with van der Waals surface area (Å²) in [4.78, 5) is 22.4. The number of hydrogen-bond acceptors (Lipinski definition) is 6. The lowest BCUT2D eigenvalue weighted by molar-refractivity contribution is -0.117. The number of aromatic hydroxyl groups is 1. The zero-order valence-corrected chi connectivity index (χ0v) is 11.5. The Morgan fingerprint density at radius 1 is 1.50 bits per heavy atom. The van der Waals surface area contributed by atoms with Crippen molar-refractivity contribution in [1.29, 1.82) is 0 Å². The molecule has 2 aromatic heterocycles. The maximum Gasteiger partial charge on any atom is 0.247 e. The van der Waals surface area contributed by atoms with E-state index in [0.29, 0.717) is 5.69 Å². The summed E-state index contributed by atoms with van der Waals surface area (Å²) in [6.45, 7) is 0.827.